The number of aliphatic hydroxyl groups is 1. The predicted molar refractivity (Wildman–Crippen MR) is 96.0 cm³/mol. The predicted octanol–water partition coefficient (Wildman–Crippen LogP) is 2.71. The Morgan fingerprint density at radius 1 is 1.24 bits per heavy atom. The van der Waals surface area contributed by atoms with Gasteiger partial charge in [0.2, 0.25) is 5.72 Å². The van der Waals surface area contributed by atoms with Gasteiger partial charge in [-0.25, -0.2) is 0 Å². The Labute approximate surface area is 148 Å². The smallest absolute Gasteiger partial charge is 0.204 e. The molecule has 1 heterocycles. The van der Waals surface area contributed by atoms with Gasteiger partial charge < -0.3 is 24.6 Å². The maximum atomic E-state index is 9.39. The number of hydrogen-bond acceptors (Lipinski definition) is 6. The summed E-state index contributed by atoms with van der Waals surface area (Å²) in [7, 11) is 3.27. The molecule has 1 atom stereocenters. The molecule has 1 aromatic rings. The van der Waals surface area contributed by atoms with Crippen molar-refractivity contribution in [1.29, 1.82) is 0 Å². The number of aliphatic hydroxyl groups excluding tert-OH is 1. The quantitative estimate of drug-likeness (QED) is 0.794. The fraction of sp³-hybridized carbons (Fsp3) is 0.526. The van der Waals surface area contributed by atoms with Crippen LogP contribution in [0.4, 0.5) is 0 Å². The molecule has 0 bridgehead atoms. The van der Waals surface area contributed by atoms with Crippen molar-refractivity contribution in [2.24, 2.45) is 4.99 Å². The molecule has 1 aliphatic heterocycles. The minimum Gasteiger partial charge on any atom is -0.493 e. The molecule has 25 heavy (non-hydrogen) atoms. The summed E-state index contributed by atoms with van der Waals surface area (Å²) in [6.45, 7) is 0.00104. The molecule has 0 aromatic heterocycles. The van der Waals surface area contributed by atoms with Gasteiger partial charge in [0.25, 0.3) is 0 Å². The molecule has 1 fully saturated rings. The van der Waals surface area contributed by atoms with E-state index in [4.69, 9.17) is 14.2 Å². The van der Waals surface area contributed by atoms with Crippen molar-refractivity contribution in [3.8, 4) is 11.5 Å². The molecule has 2 aliphatic rings. The number of hydrogen-bond donors (Lipinski definition) is 2. The zero-order valence-electron chi connectivity index (χ0n) is 14.8. The lowest BCUT2D eigenvalue weighted by Gasteiger charge is -2.36. The fourth-order valence-corrected chi connectivity index (χ4v) is 3.52. The number of methoxy groups -OCH3 is 2. The highest BCUT2D eigenvalue weighted by atomic mass is 16.5. The summed E-state index contributed by atoms with van der Waals surface area (Å²) in [5, 5.41) is 12.6. The monoisotopic (exact) mass is 346 g/mol. The zero-order chi connectivity index (χ0) is 17.7. The van der Waals surface area contributed by atoms with E-state index in [0.717, 1.165) is 24.1 Å². The van der Waals surface area contributed by atoms with Crippen molar-refractivity contribution in [2.75, 3.05) is 20.8 Å². The molecule has 6 nitrogen and oxygen atoms in total. The largest absolute Gasteiger partial charge is 0.493 e. The van der Waals surface area contributed by atoms with Crippen molar-refractivity contribution >= 4 is 5.71 Å². The van der Waals surface area contributed by atoms with Gasteiger partial charge in [-0.2, -0.15) is 0 Å². The van der Waals surface area contributed by atoms with Crippen LogP contribution in [0, 0.1) is 0 Å². The molecule has 6 heteroatoms. The van der Waals surface area contributed by atoms with Gasteiger partial charge in [-0.3, -0.25) is 4.99 Å². The van der Waals surface area contributed by atoms with Crippen LogP contribution in [0.15, 0.2) is 35.6 Å². The number of nitrogens with one attached hydrogen (secondary N) is 1. The third-order valence-corrected chi connectivity index (χ3v) is 4.82. The molecule has 1 aliphatic carbocycles. The average molecular weight is 346 g/mol. The van der Waals surface area contributed by atoms with Crippen LogP contribution in [0.1, 0.15) is 37.7 Å². The Hall–Kier alpha value is -2.05. The second-order valence-corrected chi connectivity index (χ2v) is 6.28. The summed E-state index contributed by atoms with van der Waals surface area (Å²) in [5.74, 6) is 1.41. The topological polar surface area (TPSA) is 72.3 Å². The van der Waals surface area contributed by atoms with E-state index in [1.54, 1.807) is 26.6 Å². The van der Waals surface area contributed by atoms with Crippen LogP contribution >= 0.6 is 0 Å². The second kappa shape index (κ2) is 7.89. The molecule has 0 spiro atoms. The van der Waals surface area contributed by atoms with Crippen LogP contribution in [-0.2, 0) is 10.5 Å². The Kier molecular flexibility index (Phi) is 5.60. The molecule has 3 rings (SSSR count). The maximum absolute atomic E-state index is 9.39. The van der Waals surface area contributed by atoms with Gasteiger partial charge in [0.1, 0.15) is 0 Å². The molecule has 1 saturated carbocycles. The van der Waals surface area contributed by atoms with Gasteiger partial charge in [0.05, 0.1) is 18.9 Å². The summed E-state index contributed by atoms with van der Waals surface area (Å²) in [6, 6.07) is 5.76. The van der Waals surface area contributed by atoms with E-state index in [1.807, 2.05) is 18.2 Å². The summed E-state index contributed by atoms with van der Waals surface area (Å²) in [6.07, 6.45) is 8.60. The van der Waals surface area contributed by atoms with Crippen molar-refractivity contribution < 1.29 is 19.3 Å². The van der Waals surface area contributed by atoms with E-state index in [2.05, 4.69) is 10.3 Å². The summed E-state index contributed by atoms with van der Waals surface area (Å²) >= 11 is 0. The highest BCUT2D eigenvalue weighted by molar-refractivity contribution is 5.94. The molecular formula is C19H26N2O4. The normalized spacial score (nSPS) is 23.2. The lowest BCUT2D eigenvalue weighted by atomic mass is 9.94. The SMILES string of the molecule is COc1ccc(C2(OC)NC=CN=C2CCO)cc1OC1CCCC1. The summed E-state index contributed by atoms with van der Waals surface area (Å²) < 4.78 is 17.5. The van der Waals surface area contributed by atoms with Crippen LogP contribution in [0.25, 0.3) is 0 Å². The van der Waals surface area contributed by atoms with E-state index < -0.39 is 5.72 Å². The third kappa shape index (κ3) is 3.50. The average Bonchev–Trinajstić information content (AvgIpc) is 3.15. The third-order valence-electron chi connectivity index (χ3n) is 4.82. The minimum atomic E-state index is -0.919. The van der Waals surface area contributed by atoms with Crippen molar-refractivity contribution in [2.45, 2.75) is 43.9 Å². The highest BCUT2D eigenvalue weighted by Gasteiger charge is 2.39. The van der Waals surface area contributed by atoms with E-state index in [0.29, 0.717) is 17.9 Å². The van der Waals surface area contributed by atoms with Gasteiger partial charge >= 0.3 is 0 Å². The second-order valence-electron chi connectivity index (χ2n) is 6.28. The van der Waals surface area contributed by atoms with Crippen molar-refractivity contribution in [1.82, 2.24) is 5.32 Å². The Morgan fingerprint density at radius 2 is 2.04 bits per heavy atom. The zero-order valence-corrected chi connectivity index (χ0v) is 14.8. The lowest BCUT2D eigenvalue weighted by Crippen LogP contribution is -2.50. The van der Waals surface area contributed by atoms with Gasteiger partial charge in [-0.05, 0) is 43.9 Å². The van der Waals surface area contributed by atoms with Crippen molar-refractivity contribution in [3.05, 3.63) is 36.2 Å². The standard InChI is InChI=1S/C19H26N2O4/c1-23-16-8-7-14(13-17(16)25-15-5-3-4-6-15)19(24-2)18(9-12-22)20-10-11-21-19/h7-8,10-11,13,15,21-22H,3-6,9,12H2,1-2H3. The van der Waals surface area contributed by atoms with E-state index in [-0.39, 0.29) is 12.7 Å². The Balaban J connectivity index is 1.97. The number of rotatable bonds is 7. The molecule has 0 amide bonds. The van der Waals surface area contributed by atoms with Crippen LogP contribution in [0.5, 0.6) is 11.5 Å². The van der Waals surface area contributed by atoms with Crippen LogP contribution in [-0.4, -0.2) is 37.7 Å². The highest BCUT2D eigenvalue weighted by Crippen LogP contribution is 2.37. The fourth-order valence-electron chi connectivity index (χ4n) is 3.52. The number of benzene rings is 1. The Bertz CT molecular complexity index is 653. The van der Waals surface area contributed by atoms with Gasteiger partial charge in [-0.1, -0.05) is 0 Å². The lowest BCUT2D eigenvalue weighted by molar-refractivity contribution is 0.0245. The number of ether oxygens (including phenoxy) is 3. The molecule has 1 aromatic carbocycles. The van der Waals surface area contributed by atoms with Crippen LogP contribution < -0.4 is 14.8 Å². The number of aliphatic imine (C=N–C) groups is 1. The molecular weight excluding hydrogens is 320 g/mol. The van der Waals surface area contributed by atoms with Crippen molar-refractivity contribution in [3.63, 3.8) is 0 Å². The molecule has 0 radical (unpaired) electrons. The number of nitrogens with zero attached hydrogens (tertiary/aromatic N) is 1. The van der Waals surface area contributed by atoms with Gasteiger partial charge in [0, 0.05) is 38.1 Å². The first kappa shape index (κ1) is 17.8. The Morgan fingerprint density at radius 3 is 2.72 bits per heavy atom. The first-order valence-corrected chi connectivity index (χ1v) is 8.74. The molecule has 136 valence electrons. The first-order valence-electron chi connectivity index (χ1n) is 8.74. The summed E-state index contributed by atoms with van der Waals surface area (Å²) in [5.41, 5.74) is 0.662. The van der Waals surface area contributed by atoms with E-state index in [9.17, 15) is 5.11 Å². The van der Waals surface area contributed by atoms with Gasteiger partial charge in [0.15, 0.2) is 11.5 Å². The van der Waals surface area contributed by atoms with E-state index >= 15 is 0 Å². The molecule has 2 N–H and O–H groups in total. The summed E-state index contributed by atoms with van der Waals surface area (Å²) in [4.78, 5) is 4.41. The first-order chi connectivity index (χ1) is 12.2. The van der Waals surface area contributed by atoms with Gasteiger partial charge in [-0.15, -0.1) is 0 Å². The van der Waals surface area contributed by atoms with Crippen LogP contribution in [0.3, 0.4) is 0 Å². The van der Waals surface area contributed by atoms with E-state index in [1.165, 1.54) is 12.8 Å². The minimum absolute atomic E-state index is 0.00104. The molecule has 0 saturated heterocycles. The molecule has 1 unspecified atom stereocenters. The van der Waals surface area contributed by atoms with Crippen LogP contribution in [0.2, 0.25) is 0 Å². The maximum Gasteiger partial charge on any atom is 0.204 e.